The second-order valence-electron chi connectivity index (χ2n) is 4.13. The number of ether oxygens (including phenoxy) is 1. The summed E-state index contributed by atoms with van der Waals surface area (Å²) in [6, 6.07) is 20.1. The fourth-order valence-corrected chi connectivity index (χ4v) is 1.95. The van der Waals surface area contributed by atoms with Crippen LogP contribution < -0.4 is 4.74 Å². The van der Waals surface area contributed by atoms with E-state index in [1.54, 1.807) is 6.20 Å². The Bertz CT molecular complexity index is 569. The SMILES string of the molecule is c1ccc(C(Oc2cn[nH]n2)c2ccccc2)cc1. The van der Waals surface area contributed by atoms with Crippen LogP contribution in [0.15, 0.2) is 66.9 Å². The third-order valence-corrected chi connectivity index (χ3v) is 2.84. The molecule has 0 saturated carbocycles. The predicted octanol–water partition coefficient (Wildman–Crippen LogP) is 2.97. The summed E-state index contributed by atoms with van der Waals surface area (Å²) < 4.78 is 5.92. The minimum atomic E-state index is -0.188. The van der Waals surface area contributed by atoms with Crippen LogP contribution in [0.2, 0.25) is 0 Å². The number of aromatic amines is 1. The molecule has 0 aliphatic carbocycles. The average molecular weight is 251 g/mol. The molecule has 94 valence electrons. The van der Waals surface area contributed by atoms with Crippen molar-refractivity contribution < 1.29 is 4.74 Å². The summed E-state index contributed by atoms with van der Waals surface area (Å²) in [6.45, 7) is 0. The summed E-state index contributed by atoms with van der Waals surface area (Å²) in [4.78, 5) is 0. The van der Waals surface area contributed by atoms with Gasteiger partial charge in [0.2, 0.25) is 0 Å². The molecule has 0 unspecified atom stereocenters. The molecule has 4 heteroatoms. The molecule has 0 aliphatic heterocycles. The highest BCUT2D eigenvalue weighted by molar-refractivity contribution is 5.31. The molecule has 0 amide bonds. The van der Waals surface area contributed by atoms with Crippen LogP contribution in [0.3, 0.4) is 0 Å². The van der Waals surface area contributed by atoms with Crippen LogP contribution in [-0.2, 0) is 0 Å². The molecule has 0 atom stereocenters. The fourth-order valence-electron chi connectivity index (χ4n) is 1.95. The van der Waals surface area contributed by atoms with Gasteiger partial charge >= 0.3 is 0 Å². The Kier molecular flexibility index (Phi) is 3.23. The molecule has 3 rings (SSSR count). The normalized spacial score (nSPS) is 10.6. The minimum Gasteiger partial charge on any atom is -0.462 e. The standard InChI is InChI=1S/C15H13N3O/c1-3-7-12(8-4-1)15(13-9-5-2-6-10-13)19-14-11-16-18-17-14/h1-11,15H,(H,16,17,18). The van der Waals surface area contributed by atoms with E-state index in [1.165, 1.54) is 0 Å². The molecule has 3 aromatic rings. The van der Waals surface area contributed by atoms with E-state index in [4.69, 9.17) is 4.74 Å². The number of hydrogen-bond acceptors (Lipinski definition) is 3. The number of nitrogens with zero attached hydrogens (tertiary/aromatic N) is 2. The van der Waals surface area contributed by atoms with E-state index in [2.05, 4.69) is 15.4 Å². The van der Waals surface area contributed by atoms with Gasteiger partial charge in [-0.1, -0.05) is 60.7 Å². The van der Waals surface area contributed by atoms with Gasteiger partial charge in [0, 0.05) is 0 Å². The molecule has 0 saturated heterocycles. The molecule has 0 spiro atoms. The lowest BCUT2D eigenvalue weighted by molar-refractivity contribution is 0.237. The van der Waals surface area contributed by atoms with E-state index >= 15 is 0 Å². The maximum Gasteiger partial charge on any atom is 0.254 e. The largest absolute Gasteiger partial charge is 0.462 e. The van der Waals surface area contributed by atoms with Crippen LogP contribution in [0.25, 0.3) is 0 Å². The molecule has 4 nitrogen and oxygen atoms in total. The van der Waals surface area contributed by atoms with E-state index in [-0.39, 0.29) is 6.10 Å². The zero-order valence-corrected chi connectivity index (χ0v) is 10.2. The van der Waals surface area contributed by atoms with Crippen LogP contribution in [0, 0.1) is 0 Å². The lowest BCUT2D eigenvalue weighted by Crippen LogP contribution is -2.09. The number of nitrogens with one attached hydrogen (secondary N) is 1. The highest BCUT2D eigenvalue weighted by Crippen LogP contribution is 2.26. The van der Waals surface area contributed by atoms with Gasteiger partial charge in [-0.2, -0.15) is 10.3 Å². The topological polar surface area (TPSA) is 50.8 Å². The Labute approximate surface area is 111 Å². The van der Waals surface area contributed by atoms with E-state index in [0.29, 0.717) is 5.88 Å². The Morgan fingerprint density at radius 3 is 1.89 bits per heavy atom. The molecule has 2 aromatic carbocycles. The van der Waals surface area contributed by atoms with Gasteiger partial charge in [-0.15, -0.1) is 5.10 Å². The van der Waals surface area contributed by atoms with Crippen molar-refractivity contribution in [3.8, 4) is 5.88 Å². The van der Waals surface area contributed by atoms with Crippen molar-refractivity contribution in [2.45, 2.75) is 6.10 Å². The zero-order chi connectivity index (χ0) is 12.9. The van der Waals surface area contributed by atoms with Gasteiger partial charge in [-0.05, 0) is 11.1 Å². The molecule has 1 aromatic heterocycles. The smallest absolute Gasteiger partial charge is 0.254 e. The van der Waals surface area contributed by atoms with E-state index < -0.39 is 0 Å². The average Bonchev–Trinajstić information content (AvgIpc) is 3.00. The van der Waals surface area contributed by atoms with Crippen molar-refractivity contribution in [2.75, 3.05) is 0 Å². The van der Waals surface area contributed by atoms with Crippen molar-refractivity contribution >= 4 is 0 Å². The van der Waals surface area contributed by atoms with Gasteiger partial charge < -0.3 is 4.74 Å². The summed E-state index contributed by atoms with van der Waals surface area (Å²) in [5, 5.41) is 10.3. The van der Waals surface area contributed by atoms with Crippen LogP contribution >= 0.6 is 0 Å². The predicted molar refractivity (Wildman–Crippen MR) is 71.7 cm³/mol. The summed E-state index contributed by atoms with van der Waals surface area (Å²) >= 11 is 0. The van der Waals surface area contributed by atoms with Crippen molar-refractivity contribution in [2.24, 2.45) is 0 Å². The van der Waals surface area contributed by atoms with E-state index in [1.807, 2.05) is 60.7 Å². The van der Waals surface area contributed by atoms with Gasteiger partial charge in [0.25, 0.3) is 5.88 Å². The molecule has 1 heterocycles. The molecule has 0 radical (unpaired) electrons. The third-order valence-electron chi connectivity index (χ3n) is 2.84. The van der Waals surface area contributed by atoms with Gasteiger partial charge in [0.05, 0.1) is 0 Å². The lowest BCUT2D eigenvalue weighted by atomic mass is 10.0. The van der Waals surface area contributed by atoms with E-state index in [0.717, 1.165) is 11.1 Å². The Hall–Kier alpha value is -2.62. The number of aromatic nitrogens is 3. The molecular weight excluding hydrogens is 238 g/mol. The van der Waals surface area contributed by atoms with Gasteiger partial charge in [-0.25, -0.2) is 0 Å². The summed E-state index contributed by atoms with van der Waals surface area (Å²) in [5.41, 5.74) is 2.16. The number of benzene rings is 2. The second-order valence-corrected chi connectivity index (χ2v) is 4.13. The first kappa shape index (κ1) is 11.5. The monoisotopic (exact) mass is 251 g/mol. The van der Waals surface area contributed by atoms with Crippen LogP contribution in [-0.4, -0.2) is 15.4 Å². The first-order valence-electron chi connectivity index (χ1n) is 6.06. The maximum absolute atomic E-state index is 5.92. The lowest BCUT2D eigenvalue weighted by Gasteiger charge is -2.18. The second kappa shape index (κ2) is 5.35. The van der Waals surface area contributed by atoms with Crippen molar-refractivity contribution in [1.82, 2.24) is 15.4 Å². The molecule has 0 aliphatic rings. The molecule has 19 heavy (non-hydrogen) atoms. The highest BCUT2D eigenvalue weighted by atomic mass is 16.5. The minimum absolute atomic E-state index is 0.188. The van der Waals surface area contributed by atoms with Crippen molar-refractivity contribution in [1.29, 1.82) is 0 Å². The number of H-pyrrole nitrogens is 1. The highest BCUT2D eigenvalue weighted by Gasteiger charge is 2.16. The summed E-state index contributed by atoms with van der Waals surface area (Å²) in [7, 11) is 0. The fraction of sp³-hybridized carbons (Fsp3) is 0.0667. The first-order chi connectivity index (χ1) is 9.43. The molecule has 0 bridgehead atoms. The van der Waals surface area contributed by atoms with Gasteiger partial charge in [0.1, 0.15) is 6.20 Å². The molecule has 1 N–H and O–H groups in total. The Balaban J connectivity index is 1.96. The van der Waals surface area contributed by atoms with E-state index in [9.17, 15) is 0 Å². The van der Waals surface area contributed by atoms with Crippen LogP contribution in [0.1, 0.15) is 17.2 Å². The van der Waals surface area contributed by atoms with Gasteiger partial charge in [-0.3, -0.25) is 0 Å². The first-order valence-corrected chi connectivity index (χ1v) is 6.06. The third kappa shape index (κ3) is 2.63. The Morgan fingerprint density at radius 2 is 1.42 bits per heavy atom. The zero-order valence-electron chi connectivity index (χ0n) is 10.2. The maximum atomic E-state index is 5.92. The number of rotatable bonds is 4. The van der Waals surface area contributed by atoms with Crippen molar-refractivity contribution in [3.63, 3.8) is 0 Å². The summed E-state index contributed by atoms with van der Waals surface area (Å²) in [6.07, 6.45) is 1.38. The van der Waals surface area contributed by atoms with Crippen molar-refractivity contribution in [3.05, 3.63) is 78.0 Å². The van der Waals surface area contributed by atoms with Crippen LogP contribution in [0.5, 0.6) is 5.88 Å². The quantitative estimate of drug-likeness (QED) is 0.775. The van der Waals surface area contributed by atoms with Gasteiger partial charge in [0.15, 0.2) is 6.10 Å². The summed E-state index contributed by atoms with van der Waals surface area (Å²) in [5.74, 6) is 0.484. The molecular formula is C15H13N3O. The van der Waals surface area contributed by atoms with Crippen LogP contribution in [0.4, 0.5) is 0 Å². The number of hydrogen-bond donors (Lipinski definition) is 1. The Morgan fingerprint density at radius 1 is 0.842 bits per heavy atom. The molecule has 0 fully saturated rings.